The molecule has 26 heavy (non-hydrogen) atoms. The SMILES string of the molecule is O=C(CCCc1ccncc1)NC1CCCN(c2ccc(F)cc2)C1=O. The maximum absolute atomic E-state index is 13.1. The van der Waals surface area contributed by atoms with Crippen molar-refractivity contribution in [3.05, 3.63) is 60.2 Å². The lowest BCUT2D eigenvalue weighted by molar-refractivity contribution is -0.128. The van der Waals surface area contributed by atoms with E-state index in [0.717, 1.165) is 24.8 Å². The van der Waals surface area contributed by atoms with Gasteiger partial charge < -0.3 is 10.2 Å². The molecule has 1 atom stereocenters. The zero-order chi connectivity index (χ0) is 18.4. The van der Waals surface area contributed by atoms with Crippen molar-refractivity contribution < 1.29 is 14.0 Å². The number of halogens is 1. The van der Waals surface area contributed by atoms with Gasteiger partial charge in [0.2, 0.25) is 11.8 Å². The van der Waals surface area contributed by atoms with Crippen LogP contribution in [0.4, 0.5) is 10.1 Å². The number of pyridine rings is 1. The number of amides is 2. The minimum atomic E-state index is -0.512. The maximum Gasteiger partial charge on any atom is 0.249 e. The van der Waals surface area contributed by atoms with Crippen LogP contribution in [0.5, 0.6) is 0 Å². The quantitative estimate of drug-likeness (QED) is 0.867. The van der Waals surface area contributed by atoms with Crippen LogP contribution in [0.15, 0.2) is 48.8 Å². The van der Waals surface area contributed by atoms with Crippen molar-refractivity contribution in [2.45, 2.75) is 38.1 Å². The zero-order valence-electron chi connectivity index (χ0n) is 14.5. The van der Waals surface area contributed by atoms with Crippen molar-refractivity contribution >= 4 is 17.5 Å². The van der Waals surface area contributed by atoms with E-state index in [-0.39, 0.29) is 17.6 Å². The summed E-state index contributed by atoms with van der Waals surface area (Å²) in [7, 11) is 0. The molecule has 1 saturated heterocycles. The lowest BCUT2D eigenvalue weighted by Crippen LogP contribution is -2.52. The molecule has 2 heterocycles. The smallest absolute Gasteiger partial charge is 0.249 e. The number of rotatable bonds is 6. The van der Waals surface area contributed by atoms with Gasteiger partial charge in [-0.05, 0) is 67.6 Å². The summed E-state index contributed by atoms with van der Waals surface area (Å²) in [4.78, 5) is 30.4. The standard InChI is InChI=1S/C20H22FN3O2/c21-16-6-8-17(9-7-16)24-14-2-4-18(20(24)26)23-19(25)5-1-3-15-10-12-22-13-11-15/h6-13,18H,1-5,14H2,(H,23,25). The van der Waals surface area contributed by atoms with Gasteiger partial charge in [-0.3, -0.25) is 14.6 Å². The minimum absolute atomic E-state index is 0.113. The Morgan fingerprint density at radius 2 is 1.92 bits per heavy atom. The molecule has 1 fully saturated rings. The van der Waals surface area contributed by atoms with Gasteiger partial charge in [-0.15, -0.1) is 0 Å². The Balaban J connectivity index is 1.51. The van der Waals surface area contributed by atoms with Crippen molar-refractivity contribution in [1.29, 1.82) is 0 Å². The van der Waals surface area contributed by atoms with Crippen LogP contribution < -0.4 is 10.2 Å². The first-order valence-corrected chi connectivity index (χ1v) is 8.89. The largest absolute Gasteiger partial charge is 0.344 e. The molecule has 1 aromatic heterocycles. The summed E-state index contributed by atoms with van der Waals surface area (Å²) in [6.07, 6.45) is 6.80. The molecular weight excluding hydrogens is 333 g/mol. The first-order chi connectivity index (χ1) is 12.6. The van der Waals surface area contributed by atoms with Crippen LogP contribution in [-0.4, -0.2) is 29.4 Å². The molecule has 1 aliphatic heterocycles. The van der Waals surface area contributed by atoms with Crippen LogP contribution in [-0.2, 0) is 16.0 Å². The predicted octanol–water partition coefficient (Wildman–Crippen LogP) is 2.86. The van der Waals surface area contributed by atoms with E-state index in [1.54, 1.807) is 29.4 Å². The molecular formula is C20H22FN3O2. The molecule has 1 unspecified atom stereocenters. The summed E-state index contributed by atoms with van der Waals surface area (Å²) < 4.78 is 13.1. The highest BCUT2D eigenvalue weighted by atomic mass is 19.1. The zero-order valence-corrected chi connectivity index (χ0v) is 14.5. The number of nitrogens with one attached hydrogen (secondary N) is 1. The summed E-state index contributed by atoms with van der Waals surface area (Å²) in [5, 5.41) is 2.85. The molecule has 2 amide bonds. The van der Waals surface area contributed by atoms with Crippen LogP contribution in [0.25, 0.3) is 0 Å². The molecule has 6 heteroatoms. The fourth-order valence-electron chi connectivity index (χ4n) is 3.16. The highest BCUT2D eigenvalue weighted by Crippen LogP contribution is 2.21. The van der Waals surface area contributed by atoms with Crippen LogP contribution >= 0.6 is 0 Å². The predicted molar refractivity (Wildman–Crippen MR) is 97.1 cm³/mol. The number of carbonyl (C=O) groups excluding carboxylic acids is 2. The van der Waals surface area contributed by atoms with Gasteiger partial charge in [0.1, 0.15) is 11.9 Å². The molecule has 0 radical (unpaired) electrons. The maximum atomic E-state index is 13.1. The van der Waals surface area contributed by atoms with E-state index < -0.39 is 6.04 Å². The third-order valence-electron chi connectivity index (χ3n) is 4.53. The third kappa shape index (κ3) is 4.65. The number of anilines is 1. The number of benzene rings is 1. The number of piperidine rings is 1. The van der Waals surface area contributed by atoms with Gasteiger partial charge in [0.05, 0.1) is 0 Å². The Bertz CT molecular complexity index is 749. The summed E-state index contributed by atoms with van der Waals surface area (Å²) in [6, 6.07) is 9.21. The Morgan fingerprint density at radius 3 is 2.65 bits per heavy atom. The van der Waals surface area contributed by atoms with Gasteiger partial charge in [-0.2, -0.15) is 0 Å². The monoisotopic (exact) mass is 355 g/mol. The van der Waals surface area contributed by atoms with E-state index in [9.17, 15) is 14.0 Å². The molecule has 1 N–H and O–H groups in total. The van der Waals surface area contributed by atoms with Crippen LogP contribution in [0.3, 0.4) is 0 Å². The normalized spacial score (nSPS) is 17.2. The number of carbonyl (C=O) groups is 2. The Labute approximate surface area is 152 Å². The lowest BCUT2D eigenvalue weighted by atomic mass is 10.0. The number of aromatic nitrogens is 1. The Kier molecular flexibility index (Phi) is 5.94. The molecule has 1 aromatic carbocycles. The van der Waals surface area contributed by atoms with E-state index in [1.807, 2.05) is 12.1 Å². The Hall–Kier alpha value is -2.76. The number of aryl methyl sites for hydroxylation is 1. The number of hydrogen-bond acceptors (Lipinski definition) is 3. The van der Waals surface area contributed by atoms with E-state index in [2.05, 4.69) is 10.3 Å². The van der Waals surface area contributed by atoms with Gasteiger partial charge in [0.15, 0.2) is 0 Å². The highest BCUT2D eigenvalue weighted by molar-refractivity contribution is 5.99. The van der Waals surface area contributed by atoms with E-state index in [1.165, 1.54) is 12.1 Å². The third-order valence-corrected chi connectivity index (χ3v) is 4.53. The second-order valence-corrected chi connectivity index (χ2v) is 6.44. The minimum Gasteiger partial charge on any atom is -0.344 e. The van der Waals surface area contributed by atoms with E-state index in [0.29, 0.717) is 25.1 Å². The van der Waals surface area contributed by atoms with Crippen molar-refractivity contribution in [3.8, 4) is 0 Å². The molecule has 2 aromatic rings. The number of hydrogen-bond donors (Lipinski definition) is 1. The van der Waals surface area contributed by atoms with Gasteiger partial charge in [-0.25, -0.2) is 4.39 Å². The molecule has 0 spiro atoms. The molecule has 1 aliphatic rings. The average molecular weight is 355 g/mol. The van der Waals surface area contributed by atoms with Crippen LogP contribution in [0.1, 0.15) is 31.2 Å². The molecule has 5 nitrogen and oxygen atoms in total. The fourth-order valence-corrected chi connectivity index (χ4v) is 3.16. The van der Waals surface area contributed by atoms with Crippen molar-refractivity contribution in [2.75, 3.05) is 11.4 Å². The highest BCUT2D eigenvalue weighted by Gasteiger charge is 2.30. The topological polar surface area (TPSA) is 62.3 Å². The van der Waals surface area contributed by atoms with Gasteiger partial charge in [0, 0.05) is 31.0 Å². The first-order valence-electron chi connectivity index (χ1n) is 8.89. The second-order valence-electron chi connectivity index (χ2n) is 6.44. The summed E-state index contributed by atoms with van der Waals surface area (Å²) in [5.41, 5.74) is 1.80. The first kappa shape index (κ1) is 18.0. The van der Waals surface area contributed by atoms with Gasteiger partial charge >= 0.3 is 0 Å². The van der Waals surface area contributed by atoms with Gasteiger partial charge in [0.25, 0.3) is 0 Å². The van der Waals surface area contributed by atoms with Crippen LogP contribution in [0.2, 0.25) is 0 Å². The van der Waals surface area contributed by atoms with Crippen molar-refractivity contribution in [1.82, 2.24) is 10.3 Å². The van der Waals surface area contributed by atoms with Crippen molar-refractivity contribution in [3.63, 3.8) is 0 Å². The average Bonchev–Trinajstić information content (AvgIpc) is 2.65. The Morgan fingerprint density at radius 1 is 1.19 bits per heavy atom. The number of nitrogens with zero attached hydrogens (tertiary/aromatic N) is 2. The summed E-state index contributed by atoms with van der Waals surface area (Å²) >= 11 is 0. The summed E-state index contributed by atoms with van der Waals surface area (Å²) in [5.74, 6) is -0.582. The van der Waals surface area contributed by atoms with E-state index in [4.69, 9.17) is 0 Å². The summed E-state index contributed by atoms with van der Waals surface area (Å²) in [6.45, 7) is 0.582. The second kappa shape index (κ2) is 8.56. The van der Waals surface area contributed by atoms with Crippen LogP contribution in [0, 0.1) is 5.82 Å². The molecule has 136 valence electrons. The molecule has 3 rings (SSSR count). The van der Waals surface area contributed by atoms with Gasteiger partial charge in [-0.1, -0.05) is 0 Å². The molecule has 0 bridgehead atoms. The molecule has 0 saturated carbocycles. The van der Waals surface area contributed by atoms with Crippen molar-refractivity contribution in [2.24, 2.45) is 0 Å². The lowest BCUT2D eigenvalue weighted by Gasteiger charge is -2.32. The molecule has 0 aliphatic carbocycles. The fraction of sp³-hybridized carbons (Fsp3) is 0.350. The van der Waals surface area contributed by atoms with E-state index >= 15 is 0 Å².